The first kappa shape index (κ1) is 22.1. The molecule has 2 aliphatic rings. The van der Waals surface area contributed by atoms with Gasteiger partial charge in [0.15, 0.2) is 0 Å². The molecule has 1 saturated heterocycles. The number of rotatable bonds is 5. The third-order valence-electron chi connectivity index (χ3n) is 5.39. The molecule has 6 nitrogen and oxygen atoms in total. The van der Waals surface area contributed by atoms with Gasteiger partial charge in [-0.3, -0.25) is 4.90 Å². The number of ether oxygens (including phenoxy) is 1. The third kappa shape index (κ3) is 4.44. The van der Waals surface area contributed by atoms with Gasteiger partial charge >= 0.3 is 0 Å². The topological polar surface area (TPSA) is 82.4 Å². The summed E-state index contributed by atoms with van der Waals surface area (Å²) in [5.74, 6) is 1.18. The van der Waals surface area contributed by atoms with Crippen LogP contribution in [0.25, 0.3) is 0 Å². The molecule has 29 heavy (non-hydrogen) atoms. The number of hydrogen-bond acceptors (Lipinski definition) is 5. The molecule has 0 amide bonds. The van der Waals surface area contributed by atoms with Crippen LogP contribution < -0.4 is 9.46 Å². The van der Waals surface area contributed by atoms with Gasteiger partial charge in [0.05, 0.1) is 17.6 Å². The summed E-state index contributed by atoms with van der Waals surface area (Å²) in [6, 6.07) is 16.5. The molecule has 0 radical (unpaired) electrons. The van der Waals surface area contributed by atoms with E-state index in [4.69, 9.17) is 4.74 Å². The summed E-state index contributed by atoms with van der Waals surface area (Å²) in [6.07, 6.45) is 0. The lowest BCUT2D eigenvalue weighted by Crippen LogP contribution is -2.38. The van der Waals surface area contributed by atoms with Crippen LogP contribution in [0.4, 0.5) is 0 Å². The number of hydrogen-bond donors (Lipinski definition) is 1. The highest BCUT2D eigenvalue weighted by molar-refractivity contribution is 9.10. The van der Waals surface area contributed by atoms with Gasteiger partial charge in [0, 0.05) is 41.5 Å². The quantitative estimate of drug-likeness (QED) is 0.685. The van der Waals surface area contributed by atoms with Crippen LogP contribution in [0.15, 0.2) is 57.9 Å². The molecular formula is C20H21BrClN3O3S. The third-order valence-corrected chi connectivity index (χ3v) is 7.39. The van der Waals surface area contributed by atoms with E-state index in [-0.39, 0.29) is 41.7 Å². The van der Waals surface area contributed by atoms with Crippen LogP contribution in [0.5, 0.6) is 5.75 Å². The van der Waals surface area contributed by atoms with Gasteiger partial charge in [0.2, 0.25) is 10.0 Å². The highest BCUT2D eigenvalue weighted by Crippen LogP contribution is 2.44. The van der Waals surface area contributed by atoms with Crippen molar-refractivity contribution < 1.29 is 13.2 Å². The first-order valence-electron chi connectivity index (χ1n) is 9.10. The Balaban J connectivity index is 0.00000240. The zero-order valence-corrected chi connectivity index (χ0v) is 18.7. The number of nitrogens with zero attached hydrogens (tertiary/aromatic N) is 2. The summed E-state index contributed by atoms with van der Waals surface area (Å²) in [6.45, 7) is 2.03. The van der Waals surface area contributed by atoms with E-state index < -0.39 is 10.0 Å². The Kier molecular flexibility index (Phi) is 6.87. The number of fused-ring (bicyclic) bond motifs is 3. The average Bonchev–Trinajstić information content (AvgIpc) is 3.06. The molecule has 1 fully saturated rings. The maximum Gasteiger partial charge on any atom is 0.240 e. The van der Waals surface area contributed by atoms with Crippen molar-refractivity contribution in [2.24, 2.45) is 5.92 Å². The molecule has 1 N–H and O–H groups in total. The molecule has 9 heteroatoms. The van der Waals surface area contributed by atoms with Crippen molar-refractivity contribution in [1.82, 2.24) is 9.62 Å². The molecule has 154 valence electrons. The minimum absolute atomic E-state index is 0. The fraction of sp³-hybridized carbons (Fsp3) is 0.350. The fourth-order valence-corrected chi connectivity index (χ4v) is 5.38. The smallest absolute Gasteiger partial charge is 0.240 e. The van der Waals surface area contributed by atoms with Gasteiger partial charge < -0.3 is 4.74 Å². The number of nitriles is 1. The molecule has 0 aromatic heterocycles. The van der Waals surface area contributed by atoms with Gasteiger partial charge in [-0.1, -0.05) is 34.1 Å². The Morgan fingerprint density at radius 2 is 1.93 bits per heavy atom. The van der Waals surface area contributed by atoms with Crippen molar-refractivity contribution in [3.8, 4) is 11.8 Å². The molecule has 3 atom stereocenters. The van der Waals surface area contributed by atoms with Crippen LogP contribution >= 0.6 is 28.3 Å². The Hall–Kier alpha value is -1.63. The van der Waals surface area contributed by atoms with Gasteiger partial charge in [-0.25, -0.2) is 13.1 Å². The molecule has 0 saturated carbocycles. The molecule has 4 rings (SSSR count). The Morgan fingerprint density at radius 1 is 1.21 bits per heavy atom. The summed E-state index contributed by atoms with van der Waals surface area (Å²) in [7, 11) is -3.57. The largest absolute Gasteiger partial charge is 0.493 e. The molecule has 2 aliphatic heterocycles. The van der Waals surface area contributed by atoms with Crippen molar-refractivity contribution in [3.05, 3.63) is 58.6 Å². The lowest BCUT2D eigenvalue weighted by atomic mass is 9.83. The van der Waals surface area contributed by atoms with Crippen LogP contribution in [0.1, 0.15) is 11.5 Å². The predicted molar refractivity (Wildman–Crippen MR) is 116 cm³/mol. The number of halogens is 2. The van der Waals surface area contributed by atoms with Gasteiger partial charge in [0.1, 0.15) is 11.8 Å². The van der Waals surface area contributed by atoms with E-state index in [1.807, 2.05) is 24.3 Å². The number of sulfonamides is 1. The second-order valence-electron chi connectivity index (χ2n) is 7.06. The van der Waals surface area contributed by atoms with Gasteiger partial charge in [0.25, 0.3) is 0 Å². The van der Waals surface area contributed by atoms with Crippen molar-refractivity contribution in [2.45, 2.75) is 16.9 Å². The maximum atomic E-state index is 12.5. The number of benzene rings is 2. The normalized spacial score (nSPS) is 23.2. The molecular weight excluding hydrogens is 478 g/mol. The van der Waals surface area contributed by atoms with E-state index in [0.717, 1.165) is 22.3 Å². The molecule has 2 heterocycles. The zero-order valence-electron chi connectivity index (χ0n) is 15.5. The molecule has 2 aromatic rings. The van der Waals surface area contributed by atoms with Crippen molar-refractivity contribution in [1.29, 1.82) is 5.26 Å². The number of para-hydroxylation sites is 1. The number of likely N-dealkylation sites (tertiary alicyclic amines) is 1. The van der Waals surface area contributed by atoms with Crippen LogP contribution in [0.2, 0.25) is 0 Å². The predicted octanol–water partition coefficient (Wildman–Crippen LogP) is 3.15. The monoisotopic (exact) mass is 497 g/mol. The van der Waals surface area contributed by atoms with Crippen LogP contribution in [0, 0.1) is 17.2 Å². The molecule has 0 bridgehead atoms. The second kappa shape index (κ2) is 9.02. The minimum atomic E-state index is -3.57. The lowest BCUT2D eigenvalue weighted by Gasteiger charge is -2.29. The van der Waals surface area contributed by atoms with Crippen LogP contribution in [-0.4, -0.2) is 45.6 Å². The zero-order chi connectivity index (χ0) is 19.7. The van der Waals surface area contributed by atoms with Crippen molar-refractivity contribution in [2.75, 3.05) is 26.2 Å². The van der Waals surface area contributed by atoms with Gasteiger partial charge in [-0.15, -0.1) is 12.4 Å². The van der Waals surface area contributed by atoms with Crippen LogP contribution in [0.3, 0.4) is 0 Å². The molecule has 0 spiro atoms. The maximum absolute atomic E-state index is 12.5. The number of nitrogens with one attached hydrogen (secondary N) is 1. The van der Waals surface area contributed by atoms with E-state index >= 15 is 0 Å². The molecule has 0 aliphatic carbocycles. The van der Waals surface area contributed by atoms with E-state index in [0.29, 0.717) is 13.2 Å². The van der Waals surface area contributed by atoms with E-state index in [9.17, 15) is 13.7 Å². The summed E-state index contributed by atoms with van der Waals surface area (Å²) in [4.78, 5) is 2.29. The Morgan fingerprint density at radius 3 is 2.66 bits per heavy atom. The van der Waals surface area contributed by atoms with Crippen molar-refractivity contribution in [3.63, 3.8) is 0 Å². The van der Waals surface area contributed by atoms with Gasteiger partial charge in [-0.05, 0) is 30.3 Å². The highest BCUT2D eigenvalue weighted by Gasteiger charge is 2.46. The van der Waals surface area contributed by atoms with E-state index in [1.165, 1.54) is 0 Å². The average molecular weight is 499 g/mol. The van der Waals surface area contributed by atoms with Gasteiger partial charge in [-0.2, -0.15) is 5.26 Å². The summed E-state index contributed by atoms with van der Waals surface area (Å²) >= 11 is 3.30. The summed E-state index contributed by atoms with van der Waals surface area (Å²) in [5.41, 5.74) is 1.07. The fourth-order valence-electron chi connectivity index (χ4n) is 4.09. The lowest BCUT2D eigenvalue weighted by molar-refractivity contribution is 0.213. The Labute approximate surface area is 185 Å². The summed E-state index contributed by atoms with van der Waals surface area (Å²) < 4.78 is 34.2. The highest BCUT2D eigenvalue weighted by atomic mass is 79.9. The van der Waals surface area contributed by atoms with E-state index in [1.54, 1.807) is 24.3 Å². The first-order chi connectivity index (χ1) is 13.5. The molecule has 2 aromatic carbocycles. The SMILES string of the molecule is Cl.N#CC1[C@@H]2c3ccccc3OC[C@H]2CN1CCNS(=O)(=O)c1ccc(Br)cc1. The standard InChI is InChI=1S/C20H20BrN3O3S.ClH/c21-15-5-7-16(8-6-15)28(25,26)23-9-10-24-12-14-13-27-19-4-2-1-3-17(19)20(14)18(24)11-22;/h1-8,14,18,20,23H,9-10,12-13H2;1H/t14-,18?,20+;/m1./s1. The second-order valence-corrected chi connectivity index (χ2v) is 9.74. The van der Waals surface area contributed by atoms with Crippen LogP contribution in [-0.2, 0) is 10.0 Å². The molecule has 1 unspecified atom stereocenters. The minimum Gasteiger partial charge on any atom is -0.493 e. The summed E-state index contributed by atoms with van der Waals surface area (Å²) in [5, 5.41) is 9.79. The van der Waals surface area contributed by atoms with E-state index in [2.05, 4.69) is 31.6 Å². The Bertz CT molecular complexity index is 1010. The first-order valence-corrected chi connectivity index (χ1v) is 11.4. The van der Waals surface area contributed by atoms with Crippen molar-refractivity contribution >= 4 is 38.4 Å².